The molecular formula is C13H9ClFRb. The van der Waals surface area contributed by atoms with Crippen molar-refractivity contribution in [2.45, 2.75) is 6.92 Å². The Bertz CT molecular complexity index is 480. The van der Waals surface area contributed by atoms with Gasteiger partial charge in [0.05, 0.1) is 0 Å². The third-order valence-electron chi connectivity index (χ3n) is 2.25. The molecule has 0 saturated heterocycles. The van der Waals surface area contributed by atoms with E-state index in [0.29, 0.717) is 5.56 Å². The molecule has 0 atom stereocenters. The molecule has 0 unspecified atom stereocenters. The maximum atomic E-state index is 13.6. The van der Waals surface area contributed by atoms with Crippen LogP contribution in [0.5, 0.6) is 0 Å². The smallest absolute Gasteiger partial charge is 0.282 e. The Kier molecular flexibility index (Phi) is 5.82. The second-order valence-corrected chi connectivity index (χ2v) is 3.76. The third-order valence-corrected chi connectivity index (χ3v) is 2.53. The Balaban J connectivity index is 0.00000128. The van der Waals surface area contributed by atoms with E-state index in [2.05, 4.69) is 6.07 Å². The van der Waals surface area contributed by atoms with E-state index in [1.54, 1.807) is 12.1 Å². The van der Waals surface area contributed by atoms with E-state index < -0.39 is 5.82 Å². The van der Waals surface area contributed by atoms with Crippen LogP contribution in [0.3, 0.4) is 0 Å². The fraction of sp³-hybridized carbons (Fsp3) is 0.0769. The van der Waals surface area contributed by atoms with Gasteiger partial charge in [0.1, 0.15) is 0 Å². The van der Waals surface area contributed by atoms with Gasteiger partial charge in [-0.2, -0.15) is 18.2 Å². The topological polar surface area (TPSA) is 0 Å². The van der Waals surface area contributed by atoms with E-state index in [0.717, 1.165) is 11.1 Å². The molecule has 0 aliphatic carbocycles. The Morgan fingerprint density at radius 3 is 2.38 bits per heavy atom. The van der Waals surface area contributed by atoms with E-state index in [4.69, 9.17) is 11.6 Å². The van der Waals surface area contributed by atoms with E-state index >= 15 is 0 Å². The van der Waals surface area contributed by atoms with Crippen LogP contribution in [-0.2, 0) is 0 Å². The van der Waals surface area contributed by atoms with Crippen LogP contribution in [-0.4, -0.2) is 0 Å². The zero-order chi connectivity index (χ0) is 10.8. The van der Waals surface area contributed by atoms with Crippen molar-refractivity contribution in [2.24, 2.45) is 0 Å². The van der Waals surface area contributed by atoms with Gasteiger partial charge < -0.3 is 0 Å². The summed E-state index contributed by atoms with van der Waals surface area (Å²) in [5.41, 5.74) is 2.49. The molecule has 76 valence electrons. The summed E-state index contributed by atoms with van der Waals surface area (Å²) in [5.74, 6) is -0.414. The average Bonchev–Trinajstić information content (AvgIpc) is 2.24. The van der Waals surface area contributed by atoms with Crippen molar-refractivity contribution < 1.29 is 62.6 Å². The fourth-order valence-electron chi connectivity index (χ4n) is 1.41. The van der Waals surface area contributed by atoms with Crippen LogP contribution < -0.4 is 58.2 Å². The van der Waals surface area contributed by atoms with E-state index in [-0.39, 0.29) is 63.2 Å². The summed E-state index contributed by atoms with van der Waals surface area (Å²) >= 11 is 5.66. The first-order chi connectivity index (χ1) is 7.18. The normalized spacial score (nSPS) is 9.69. The molecule has 0 heterocycles. The van der Waals surface area contributed by atoms with Crippen LogP contribution in [0.2, 0.25) is 5.02 Å². The van der Waals surface area contributed by atoms with Gasteiger partial charge in [0.25, 0.3) is 0 Å². The average molecular weight is 305 g/mol. The van der Waals surface area contributed by atoms with Crippen molar-refractivity contribution in [3.8, 4) is 11.1 Å². The number of hydrogen-bond donors (Lipinski definition) is 0. The summed E-state index contributed by atoms with van der Waals surface area (Å²) < 4.78 is 13.6. The van der Waals surface area contributed by atoms with Crippen molar-refractivity contribution in [1.82, 2.24) is 0 Å². The molecule has 0 nitrogen and oxygen atoms in total. The number of halogens is 2. The Morgan fingerprint density at radius 1 is 1.12 bits per heavy atom. The standard InChI is InChI=1S/C13H9ClF.Rb/c1-9-5-7-10(8-6-9)11-3-2-4-12(14)13(11)15;/h2-3,5-8H,1H3;/q-1;+1. The SMILES string of the molecule is Cc1ccc(-c2cc[c-]c(Cl)c2F)cc1.[Rb+]. The Labute approximate surface area is 149 Å². The molecule has 3 heteroatoms. The predicted octanol–water partition coefficient (Wildman–Crippen LogP) is 1.26. The van der Waals surface area contributed by atoms with Gasteiger partial charge in [-0.15, -0.1) is 11.6 Å². The molecule has 2 aromatic carbocycles. The Morgan fingerprint density at radius 2 is 1.75 bits per heavy atom. The molecule has 0 saturated carbocycles. The first kappa shape index (κ1) is 14.5. The van der Waals surface area contributed by atoms with Crippen molar-refractivity contribution in [3.05, 3.63) is 58.9 Å². The van der Waals surface area contributed by atoms with Crippen LogP contribution in [0.25, 0.3) is 11.1 Å². The minimum absolute atomic E-state index is 0. The van der Waals surface area contributed by atoms with E-state index in [1.165, 1.54) is 0 Å². The minimum Gasteiger partial charge on any atom is -0.282 e. The molecule has 0 radical (unpaired) electrons. The molecule has 0 fully saturated rings. The van der Waals surface area contributed by atoms with Gasteiger partial charge >= 0.3 is 58.2 Å². The van der Waals surface area contributed by atoms with Crippen LogP contribution in [0.4, 0.5) is 4.39 Å². The minimum atomic E-state index is -0.414. The van der Waals surface area contributed by atoms with Crippen molar-refractivity contribution in [3.63, 3.8) is 0 Å². The van der Waals surface area contributed by atoms with Gasteiger partial charge in [-0.25, -0.2) is 0 Å². The molecule has 2 rings (SSSR count). The van der Waals surface area contributed by atoms with Crippen molar-refractivity contribution >= 4 is 11.6 Å². The summed E-state index contributed by atoms with van der Waals surface area (Å²) in [4.78, 5) is 0. The van der Waals surface area contributed by atoms with Crippen LogP contribution in [0.15, 0.2) is 36.4 Å². The first-order valence-corrected chi connectivity index (χ1v) is 4.99. The summed E-state index contributed by atoms with van der Waals surface area (Å²) in [5, 5.41) is 0.0353. The number of benzene rings is 2. The molecule has 0 amide bonds. The van der Waals surface area contributed by atoms with E-state index in [9.17, 15) is 4.39 Å². The predicted molar refractivity (Wildman–Crippen MR) is 60.4 cm³/mol. The van der Waals surface area contributed by atoms with Crippen LogP contribution in [0.1, 0.15) is 5.56 Å². The van der Waals surface area contributed by atoms with Crippen molar-refractivity contribution in [1.29, 1.82) is 0 Å². The Hall–Kier alpha value is 0.465. The molecule has 0 aromatic heterocycles. The molecule has 0 N–H and O–H groups in total. The second-order valence-electron chi connectivity index (χ2n) is 3.39. The summed E-state index contributed by atoms with van der Waals surface area (Å²) in [6, 6.07) is 13.6. The molecule has 0 bridgehead atoms. The fourth-order valence-corrected chi connectivity index (χ4v) is 1.57. The van der Waals surface area contributed by atoms with Gasteiger partial charge in [0.2, 0.25) is 0 Å². The van der Waals surface area contributed by atoms with E-state index in [1.807, 2.05) is 31.2 Å². The maximum Gasteiger partial charge on any atom is 1.00 e. The van der Waals surface area contributed by atoms with Gasteiger partial charge in [-0.3, -0.25) is 4.39 Å². The van der Waals surface area contributed by atoms with Gasteiger partial charge in [-0.1, -0.05) is 35.4 Å². The van der Waals surface area contributed by atoms with Gasteiger partial charge in [-0.05, 0) is 17.5 Å². The monoisotopic (exact) mass is 304 g/mol. The number of hydrogen-bond acceptors (Lipinski definition) is 0. The quantitative estimate of drug-likeness (QED) is 0.696. The molecule has 16 heavy (non-hydrogen) atoms. The summed E-state index contributed by atoms with van der Waals surface area (Å²) in [7, 11) is 0. The van der Waals surface area contributed by atoms with Gasteiger partial charge in [0.15, 0.2) is 0 Å². The summed E-state index contributed by atoms with van der Waals surface area (Å²) in [6.45, 7) is 1.99. The molecular weight excluding hydrogens is 296 g/mol. The third kappa shape index (κ3) is 3.24. The summed E-state index contributed by atoms with van der Waals surface area (Å²) in [6.07, 6.45) is 0. The zero-order valence-electron chi connectivity index (χ0n) is 9.22. The zero-order valence-corrected chi connectivity index (χ0v) is 14.9. The molecule has 0 aliphatic heterocycles. The molecule has 2 aromatic rings. The van der Waals surface area contributed by atoms with Gasteiger partial charge in [0, 0.05) is 5.82 Å². The van der Waals surface area contributed by atoms with Crippen LogP contribution in [0, 0.1) is 18.8 Å². The first-order valence-electron chi connectivity index (χ1n) is 4.61. The molecule has 0 aliphatic rings. The molecule has 0 spiro atoms. The number of rotatable bonds is 1. The van der Waals surface area contributed by atoms with Crippen LogP contribution >= 0.6 is 11.6 Å². The maximum absolute atomic E-state index is 13.6. The largest absolute Gasteiger partial charge is 1.00 e. The van der Waals surface area contributed by atoms with Crippen molar-refractivity contribution in [2.75, 3.05) is 0 Å². The number of aryl methyl sites for hydroxylation is 1. The second kappa shape index (κ2) is 6.41.